The molecule has 3 nitrogen and oxygen atoms in total. The van der Waals surface area contributed by atoms with Crippen LogP contribution in [0.3, 0.4) is 0 Å². The lowest BCUT2D eigenvalue weighted by molar-refractivity contribution is -0.121. The van der Waals surface area contributed by atoms with Gasteiger partial charge in [-0.3, -0.25) is 4.79 Å². The molecular weight excluding hydrogens is 243 g/mol. The van der Waals surface area contributed by atoms with Crippen molar-refractivity contribution >= 4 is 11.6 Å². The number of para-hydroxylation sites is 1. The summed E-state index contributed by atoms with van der Waals surface area (Å²) in [6, 6.07) is 4.42. The summed E-state index contributed by atoms with van der Waals surface area (Å²) in [4.78, 5) is 11.8. The van der Waals surface area contributed by atoms with Crippen molar-refractivity contribution in [2.75, 3.05) is 11.9 Å². The van der Waals surface area contributed by atoms with Gasteiger partial charge >= 0.3 is 0 Å². The summed E-state index contributed by atoms with van der Waals surface area (Å²) in [5, 5.41) is 5.78. The fraction of sp³-hybridized carbons (Fsp3) is 0.533. The van der Waals surface area contributed by atoms with Gasteiger partial charge in [-0.25, -0.2) is 4.39 Å². The maximum Gasteiger partial charge on any atom is 0.242 e. The Balaban J connectivity index is 2.50. The van der Waals surface area contributed by atoms with Gasteiger partial charge in [0, 0.05) is 6.54 Å². The lowest BCUT2D eigenvalue weighted by atomic mass is 10.1. The molecule has 0 saturated heterocycles. The summed E-state index contributed by atoms with van der Waals surface area (Å²) in [5.41, 5.74) is 1.20. The molecule has 1 rings (SSSR count). The van der Waals surface area contributed by atoms with Crippen molar-refractivity contribution in [3.63, 3.8) is 0 Å². The maximum absolute atomic E-state index is 13.6. The molecule has 0 saturated carbocycles. The molecule has 0 aliphatic rings. The molecule has 0 bridgehead atoms. The lowest BCUT2D eigenvalue weighted by Crippen LogP contribution is -2.38. The fourth-order valence-electron chi connectivity index (χ4n) is 1.84. The number of unbranched alkanes of at least 4 members (excludes halogenated alkanes) is 2. The van der Waals surface area contributed by atoms with Gasteiger partial charge < -0.3 is 10.6 Å². The molecule has 1 aromatic carbocycles. The highest BCUT2D eigenvalue weighted by molar-refractivity contribution is 5.84. The number of benzene rings is 1. The zero-order chi connectivity index (χ0) is 14.3. The number of carbonyl (C=O) groups is 1. The topological polar surface area (TPSA) is 41.1 Å². The van der Waals surface area contributed by atoms with Gasteiger partial charge in [-0.15, -0.1) is 0 Å². The highest BCUT2D eigenvalue weighted by Gasteiger charge is 2.14. The highest BCUT2D eigenvalue weighted by atomic mass is 19.1. The summed E-state index contributed by atoms with van der Waals surface area (Å²) >= 11 is 0. The van der Waals surface area contributed by atoms with Crippen molar-refractivity contribution in [1.82, 2.24) is 5.32 Å². The summed E-state index contributed by atoms with van der Waals surface area (Å²) in [5.74, 6) is -0.426. The minimum atomic E-state index is -0.447. The van der Waals surface area contributed by atoms with Gasteiger partial charge in [0.05, 0.1) is 5.69 Å². The van der Waals surface area contributed by atoms with Crippen LogP contribution < -0.4 is 10.6 Å². The van der Waals surface area contributed by atoms with Crippen LogP contribution in [0.4, 0.5) is 10.1 Å². The first-order valence-electron chi connectivity index (χ1n) is 6.85. The number of amides is 1. The van der Waals surface area contributed by atoms with E-state index in [9.17, 15) is 9.18 Å². The molecular formula is C15H23FN2O. The van der Waals surface area contributed by atoms with Crippen molar-refractivity contribution in [1.29, 1.82) is 0 Å². The number of anilines is 1. The molecule has 0 aliphatic heterocycles. The van der Waals surface area contributed by atoms with Gasteiger partial charge in [0.25, 0.3) is 0 Å². The molecule has 19 heavy (non-hydrogen) atoms. The molecule has 0 fully saturated rings. The average molecular weight is 266 g/mol. The lowest BCUT2D eigenvalue weighted by Gasteiger charge is -2.17. The van der Waals surface area contributed by atoms with Crippen LogP contribution >= 0.6 is 0 Å². The van der Waals surface area contributed by atoms with Crippen LogP contribution in [0, 0.1) is 12.7 Å². The van der Waals surface area contributed by atoms with Gasteiger partial charge in [-0.2, -0.15) is 0 Å². The Bertz CT molecular complexity index is 400. The third kappa shape index (κ3) is 4.89. The molecule has 0 spiro atoms. The second-order valence-electron chi connectivity index (χ2n) is 4.80. The van der Waals surface area contributed by atoms with Crippen LogP contribution in [0.25, 0.3) is 0 Å². The van der Waals surface area contributed by atoms with Crippen LogP contribution in [0.1, 0.15) is 38.7 Å². The minimum absolute atomic E-state index is 0.0984. The van der Waals surface area contributed by atoms with E-state index in [2.05, 4.69) is 17.6 Å². The van der Waals surface area contributed by atoms with Gasteiger partial charge in [0.2, 0.25) is 5.91 Å². The van der Waals surface area contributed by atoms with Gasteiger partial charge in [-0.05, 0) is 31.9 Å². The second kappa shape index (κ2) is 7.77. The second-order valence-corrected chi connectivity index (χ2v) is 4.80. The zero-order valence-corrected chi connectivity index (χ0v) is 11.9. The van der Waals surface area contributed by atoms with E-state index >= 15 is 0 Å². The van der Waals surface area contributed by atoms with Gasteiger partial charge in [0.15, 0.2) is 0 Å². The fourth-order valence-corrected chi connectivity index (χ4v) is 1.84. The Morgan fingerprint density at radius 2 is 2.11 bits per heavy atom. The molecule has 2 N–H and O–H groups in total. The summed E-state index contributed by atoms with van der Waals surface area (Å²) in [6.45, 7) is 6.35. The van der Waals surface area contributed by atoms with Crippen molar-refractivity contribution < 1.29 is 9.18 Å². The Hall–Kier alpha value is -1.58. The molecule has 0 heterocycles. The summed E-state index contributed by atoms with van der Waals surface area (Å²) < 4.78 is 13.6. The van der Waals surface area contributed by atoms with Crippen LogP contribution in [0.5, 0.6) is 0 Å². The third-order valence-corrected chi connectivity index (χ3v) is 3.06. The highest BCUT2D eigenvalue weighted by Crippen LogP contribution is 2.19. The molecule has 0 aliphatic carbocycles. The zero-order valence-electron chi connectivity index (χ0n) is 11.9. The minimum Gasteiger partial charge on any atom is -0.371 e. The first kappa shape index (κ1) is 15.5. The monoisotopic (exact) mass is 266 g/mol. The van der Waals surface area contributed by atoms with E-state index < -0.39 is 6.04 Å². The third-order valence-electron chi connectivity index (χ3n) is 3.06. The predicted molar refractivity (Wildman–Crippen MR) is 76.8 cm³/mol. The van der Waals surface area contributed by atoms with E-state index in [-0.39, 0.29) is 11.7 Å². The largest absolute Gasteiger partial charge is 0.371 e. The number of aryl methyl sites for hydroxylation is 1. The number of carbonyl (C=O) groups excluding carboxylic acids is 1. The standard InChI is InChI=1S/C15H23FN2O/c1-4-5-6-10-17-15(19)12(3)18-14-11(2)8-7-9-13(14)16/h7-9,12,18H,4-6,10H2,1-3H3,(H,17,19). The van der Waals surface area contributed by atoms with Crippen LogP contribution in [0.15, 0.2) is 18.2 Å². The maximum atomic E-state index is 13.6. The van der Waals surface area contributed by atoms with Gasteiger partial charge in [-0.1, -0.05) is 31.9 Å². The van der Waals surface area contributed by atoms with E-state index in [0.29, 0.717) is 12.2 Å². The Labute approximate surface area is 114 Å². The molecule has 0 aromatic heterocycles. The van der Waals surface area contributed by atoms with Crippen molar-refractivity contribution in [3.05, 3.63) is 29.6 Å². The number of rotatable bonds is 7. The van der Waals surface area contributed by atoms with E-state index in [1.165, 1.54) is 6.07 Å². The summed E-state index contributed by atoms with van der Waals surface area (Å²) in [6.07, 6.45) is 3.21. The quantitative estimate of drug-likeness (QED) is 0.744. The van der Waals surface area contributed by atoms with Crippen molar-refractivity contribution in [2.24, 2.45) is 0 Å². The van der Waals surface area contributed by atoms with E-state index in [1.807, 2.05) is 13.0 Å². The molecule has 0 radical (unpaired) electrons. The van der Waals surface area contributed by atoms with Crippen molar-refractivity contribution in [3.8, 4) is 0 Å². The number of nitrogens with one attached hydrogen (secondary N) is 2. The van der Waals surface area contributed by atoms with E-state index in [4.69, 9.17) is 0 Å². The number of halogens is 1. The van der Waals surface area contributed by atoms with Crippen LogP contribution in [0.2, 0.25) is 0 Å². The molecule has 106 valence electrons. The molecule has 1 aromatic rings. The first-order valence-corrected chi connectivity index (χ1v) is 6.85. The van der Waals surface area contributed by atoms with Crippen LogP contribution in [-0.2, 0) is 4.79 Å². The Morgan fingerprint density at radius 1 is 1.37 bits per heavy atom. The van der Waals surface area contributed by atoms with Crippen LogP contribution in [-0.4, -0.2) is 18.5 Å². The molecule has 1 amide bonds. The smallest absolute Gasteiger partial charge is 0.242 e. The van der Waals surface area contributed by atoms with E-state index in [0.717, 1.165) is 24.8 Å². The SMILES string of the molecule is CCCCCNC(=O)C(C)Nc1c(C)cccc1F. The Morgan fingerprint density at radius 3 is 2.74 bits per heavy atom. The average Bonchev–Trinajstić information content (AvgIpc) is 2.38. The predicted octanol–water partition coefficient (Wildman–Crippen LogP) is 3.24. The Kier molecular flexibility index (Phi) is 6.33. The van der Waals surface area contributed by atoms with Gasteiger partial charge in [0.1, 0.15) is 11.9 Å². The van der Waals surface area contributed by atoms with E-state index in [1.54, 1.807) is 13.0 Å². The first-order chi connectivity index (χ1) is 9.06. The van der Waals surface area contributed by atoms with Crippen molar-refractivity contribution in [2.45, 2.75) is 46.1 Å². The molecule has 4 heteroatoms. The number of hydrogen-bond acceptors (Lipinski definition) is 2. The molecule has 1 atom stereocenters. The normalized spacial score (nSPS) is 12.0. The summed E-state index contributed by atoms with van der Waals surface area (Å²) in [7, 11) is 0. The number of hydrogen-bond donors (Lipinski definition) is 2. The molecule has 1 unspecified atom stereocenters.